The van der Waals surface area contributed by atoms with Gasteiger partial charge in [-0.25, -0.2) is 4.98 Å². The van der Waals surface area contributed by atoms with E-state index >= 15 is 0 Å². The molecule has 1 rings (SSSR count). The first-order valence-corrected chi connectivity index (χ1v) is 3.76. The lowest BCUT2D eigenvalue weighted by Gasteiger charge is -2.10. The quantitative estimate of drug-likeness (QED) is 0.719. The molecular weight excluding hydrogens is 256 g/mol. The Kier molecular flexibility index (Phi) is 2.88. The molecule has 1 N–H and O–H groups in total. The summed E-state index contributed by atoms with van der Waals surface area (Å²) in [6.45, 7) is 0. The van der Waals surface area contributed by atoms with Gasteiger partial charge in [-0.15, -0.1) is 0 Å². The molecule has 10 heteroatoms. The Morgan fingerprint density at radius 1 is 1.12 bits per heavy atom. The van der Waals surface area contributed by atoms with E-state index in [1.54, 1.807) is 0 Å². The third kappa shape index (κ3) is 2.55. The molecule has 1 heterocycles. The third-order valence-corrected chi connectivity index (χ3v) is 1.57. The maximum absolute atomic E-state index is 12.2. The Balaban J connectivity index is 3.64. The second kappa shape index (κ2) is 3.76. The van der Waals surface area contributed by atoms with Crippen molar-refractivity contribution in [2.24, 2.45) is 0 Å². The van der Waals surface area contributed by atoms with E-state index in [4.69, 9.17) is 5.26 Å². The topological polar surface area (TPSA) is 69.5 Å². The van der Waals surface area contributed by atoms with Crippen LogP contribution in [0.1, 0.15) is 17.1 Å². The highest BCUT2D eigenvalue weighted by Gasteiger charge is 2.42. The molecule has 0 radical (unpaired) electrons. The summed E-state index contributed by atoms with van der Waals surface area (Å²) in [5.74, 6) is -2.10. The maximum Gasteiger partial charge on any atom is 0.449 e. The summed E-state index contributed by atoms with van der Waals surface area (Å²) in [4.78, 5) is 14.2. The summed E-state index contributed by atoms with van der Waals surface area (Å²) >= 11 is 0. The Morgan fingerprint density at radius 2 is 1.65 bits per heavy atom. The number of nitrogens with one attached hydrogen (secondary N) is 1. The van der Waals surface area contributed by atoms with E-state index in [9.17, 15) is 31.1 Å². The molecule has 0 bridgehead atoms. The van der Waals surface area contributed by atoms with Crippen molar-refractivity contribution < 1.29 is 26.3 Å². The van der Waals surface area contributed by atoms with Crippen LogP contribution in [0.25, 0.3) is 0 Å². The molecule has 0 fully saturated rings. The van der Waals surface area contributed by atoms with Crippen molar-refractivity contribution in [3.05, 3.63) is 27.4 Å². The van der Waals surface area contributed by atoms with Crippen molar-refractivity contribution in [2.75, 3.05) is 0 Å². The molecule has 4 nitrogen and oxygen atoms in total. The third-order valence-electron chi connectivity index (χ3n) is 1.57. The van der Waals surface area contributed by atoms with Gasteiger partial charge in [0.1, 0.15) is 11.6 Å². The zero-order chi connectivity index (χ0) is 13.4. The van der Waals surface area contributed by atoms with Crippen molar-refractivity contribution in [3.8, 4) is 6.07 Å². The van der Waals surface area contributed by atoms with Gasteiger partial charge in [0.05, 0.1) is 0 Å². The molecule has 17 heavy (non-hydrogen) atoms. The van der Waals surface area contributed by atoms with Gasteiger partial charge in [-0.1, -0.05) is 0 Å². The van der Waals surface area contributed by atoms with Crippen molar-refractivity contribution in [2.45, 2.75) is 12.4 Å². The van der Waals surface area contributed by atoms with Crippen LogP contribution in [0.15, 0.2) is 4.79 Å². The van der Waals surface area contributed by atoms with Crippen molar-refractivity contribution in [1.82, 2.24) is 9.97 Å². The summed E-state index contributed by atoms with van der Waals surface area (Å²) in [5.41, 5.74) is -5.45. The van der Waals surface area contributed by atoms with Crippen LogP contribution in [-0.4, -0.2) is 9.97 Å². The number of halogens is 6. The lowest BCUT2D eigenvalue weighted by Crippen LogP contribution is -2.27. The average molecular weight is 257 g/mol. The van der Waals surface area contributed by atoms with Crippen LogP contribution in [0, 0.1) is 11.3 Å². The number of hydrogen-bond donors (Lipinski definition) is 1. The van der Waals surface area contributed by atoms with Crippen LogP contribution in [0.3, 0.4) is 0 Å². The Labute approximate surface area is 88.5 Å². The molecule has 1 aromatic rings. The standard InChI is InChI=1S/C7HF6N3O/c8-6(9,10)3-2(1-14)4(17)16-5(15-3)7(11,12)13/h(H,15,16,17). The minimum atomic E-state index is -5.32. The number of rotatable bonds is 0. The van der Waals surface area contributed by atoms with Gasteiger partial charge in [0.15, 0.2) is 5.69 Å². The van der Waals surface area contributed by atoms with Gasteiger partial charge in [-0.05, 0) is 0 Å². The zero-order valence-electron chi connectivity index (χ0n) is 7.57. The lowest BCUT2D eigenvalue weighted by molar-refractivity contribution is -0.153. The van der Waals surface area contributed by atoms with Crippen LogP contribution in [0.5, 0.6) is 0 Å². The molecule has 0 atom stereocenters. The first-order chi connectivity index (χ1) is 7.57. The fraction of sp³-hybridized carbons (Fsp3) is 0.286. The van der Waals surface area contributed by atoms with E-state index in [1.165, 1.54) is 0 Å². The smallest absolute Gasteiger partial charge is 0.302 e. The molecule has 0 amide bonds. The maximum atomic E-state index is 12.2. The highest BCUT2D eigenvalue weighted by atomic mass is 19.4. The van der Waals surface area contributed by atoms with Crippen molar-refractivity contribution >= 4 is 0 Å². The molecule has 1 aromatic heterocycles. The number of aromatic amines is 1. The number of nitriles is 1. The van der Waals surface area contributed by atoms with E-state index in [0.717, 1.165) is 11.1 Å². The summed E-state index contributed by atoms with van der Waals surface area (Å²) in [6, 6.07) is 0.855. The molecular formula is C7HF6N3O. The van der Waals surface area contributed by atoms with Gasteiger partial charge in [0.2, 0.25) is 5.82 Å². The van der Waals surface area contributed by atoms with E-state index in [0.29, 0.717) is 0 Å². The van der Waals surface area contributed by atoms with Crippen LogP contribution in [0.4, 0.5) is 26.3 Å². The van der Waals surface area contributed by atoms with Gasteiger partial charge in [0, 0.05) is 0 Å². The first-order valence-electron chi connectivity index (χ1n) is 3.76. The fourth-order valence-corrected chi connectivity index (χ4v) is 0.916. The van der Waals surface area contributed by atoms with Gasteiger partial charge in [0.25, 0.3) is 5.56 Å². The largest absolute Gasteiger partial charge is 0.449 e. The molecule has 0 spiro atoms. The van der Waals surface area contributed by atoms with E-state index in [2.05, 4.69) is 4.98 Å². The number of nitrogens with zero attached hydrogens (tertiary/aromatic N) is 2. The second-order valence-corrected chi connectivity index (χ2v) is 2.75. The molecule has 0 saturated carbocycles. The fourth-order valence-electron chi connectivity index (χ4n) is 0.916. The number of hydrogen-bond acceptors (Lipinski definition) is 3. The predicted molar refractivity (Wildman–Crippen MR) is 39.6 cm³/mol. The van der Waals surface area contributed by atoms with Gasteiger partial charge in [-0.3, -0.25) is 4.79 Å². The number of H-pyrrole nitrogens is 1. The lowest BCUT2D eigenvalue weighted by atomic mass is 10.2. The molecule has 0 aliphatic heterocycles. The second-order valence-electron chi connectivity index (χ2n) is 2.75. The Hall–Kier alpha value is -2.05. The molecule has 0 saturated heterocycles. The molecule has 0 aliphatic carbocycles. The molecule has 0 aromatic carbocycles. The van der Waals surface area contributed by atoms with Crippen molar-refractivity contribution in [1.29, 1.82) is 5.26 Å². The summed E-state index contributed by atoms with van der Waals surface area (Å²) < 4.78 is 73.0. The molecule has 0 aliphatic rings. The minimum absolute atomic E-state index is 0.855. The summed E-state index contributed by atoms with van der Waals surface area (Å²) in [5, 5.41) is 8.27. The van der Waals surface area contributed by atoms with E-state index < -0.39 is 35.0 Å². The summed E-state index contributed by atoms with van der Waals surface area (Å²) in [6.07, 6.45) is -10.6. The normalized spacial score (nSPS) is 12.3. The van der Waals surface area contributed by atoms with Gasteiger partial charge in [-0.2, -0.15) is 31.6 Å². The molecule has 92 valence electrons. The Bertz CT molecular complexity index is 535. The van der Waals surface area contributed by atoms with Crippen LogP contribution >= 0.6 is 0 Å². The number of aromatic nitrogens is 2. The Morgan fingerprint density at radius 3 is 2.00 bits per heavy atom. The van der Waals surface area contributed by atoms with Crippen molar-refractivity contribution in [3.63, 3.8) is 0 Å². The summed E-state index contributed by atoms with van der Waals surface area (Å²) in [7, 11) is 0. The minimum Gasteiger partial charge on any atom is -0.302 e. The van der Waals surface area contributed by atoms with Crippen LogP contribution in [0.2, 0.25) is 0 Å². The SMILES string of the molecule is N#Cc1c(C(F)(F)F)nc(C(F)(F)F)[nH]c1=O. The predicted octanol–water partition coefficient (Wildman–Crippen LogP) is 1.68. The highest BCUT2D eigenvalue weighted by Crippen LogP contribution is 2.31. The molecule has 0 unspecified atom stereocenters. The average Bonchev–Trinajstić information content (AvgIpc) is 2.13. The van der Waals surface area contributed by atoms with Crippen LogP contribution < -0.4 is 5.56 Å². The monoisotopic (exact) mass is 257 g/mol. The van der Waals surface area contributed by atoms with Gasteiger partial charge < -0.3 is 4.98 Å². The first kappa shape index (κ1) is 13.0. The number of alkyl halides is 6. The highest BCUT2D eigenvalue weighted by molar-refractivity contribution is 5.33. The van der Waals surface area contributed by atoms with E-state index in [-0.39, 0.29) is 0 Å². The van der Waals surface area contributed by atoms with Gasteiger partial charge >= 0.3 is 12.4 Å². The van der Waals surface area contributed by atoms with Crippen LogP contribution in [-0.2, 0) is 12.4 Å². The zero-order valence-corrected chi connectivity index (χ0v) is 7.57. The van der Waals surface area contributed by atoms with E-state index in [1.807, 2.05) is 0 Å².